The Morgan fingerprint density at radius 1 is 1.17 bits per heavy atom. The van der Waals surface area contributed by atoms with Crippen molar-refractivity contribution in [3.63, 3.8) is 0 Å². The van der Waals surface area contributed by atoms with Gasteiger partial charge in [0, 0.05) is 17.6 Å². The number of amides is 2. The van der Waals surface area contributed by atoms with Crippen molar-refractivity contribution in [2.45, 2.75) is 34.6 Å². The Morgan fingerprint density at radius 2 is 1.79 bits per heavy atom. The second kappa shape index (κ2) is 9.17. The maximum Gasteiger partial charge on any atom is 0.349 e. The van der Waals surface area contributed by atoms with Crippen LogP contribution in [-0.4, -0.2) is 30.9 Å². The van der Waals surface area contributed by atoms with Gasteiger partial charge in [-0.3, -0.25) is 9.59 Å². The molecule has 8 heteroatoms. The van der Waals surface area contributed by atoms with Crippen molar-refractivity contribution in [2.24, 2.45) is 5.41 Å². The van der Waals surface area contributed by atoms with Gasteiger partial charge in [0.1, 0.15) is 10.7 Å². The summed E-state index contributed by atoms with van der Waals surface area (Å²) < 4.78 is 18.3. The van der Waals surface area contributed by atoms with Crippen LogP contribution in [0.2, 0.25) is 0 Å². The lowest BCUT2D eigenvalue weighted by Gasteiger charge is -2.20. The van der Waals surface area contributed by atoms with Crippen molar-refractivity contribution in [2.75, 3.05) is 23.4 Å². The van der Waals surface area contributed by atoms with E-state index < -0.39 is 29.7 Å². The predicted octanol–water partition coefficient (Wildman–Crippen LogP) is 4.39. The van der Waals surface area contributed by atoms with Crippen LogP contribution >= 0.6 is 11.3 Å². The van der Waals surface area contributed by atoms with E-state index in [1.807, 2.05) is 0 Å². The Morgan fingerprint density at radius 3 is 2.34 bits per heavy atom. The summed E-state index contributed by atoms with van der Waals surface area (Å²) in [6.07, 6.45) is 0. The molecule has 0 aliphatic rings. The van der Waals surface area contributed by atoms with Gasteiger partial charge < -0.3 is 15.0 Å². The smallest absolute Gasteiger partial charge is 0.349 e. The summed E-state index contributed by atoms with van der Waals surface area (Å²) in [4.78, 5) is 38.7. The van der Waals surface area contributed by atoms with E-state index in [0.29, 0.717) is 27.7 Å². The number of nitrogens with one attached hydrogen (secondary N) is 1. The molecule has 29 heavy (non-hydrogen) atoms. The average molecular weight is 421 g/mol. The second-order valence-corrected chi connectivity index (χ2v) is 8.57. The summed E-state index contributed by atoms with van der Waals surface area (Å²) in [5.41, 5.74) is 0.617. The van der Waals surface area contributed by atoms with Crippen LogP contribution in [0.3, 0.4) is 0 Å². The van der Waals surface area contributed by atoms with Crippen LogP contribution in [-0.2, 0) is 14.3 Å². The highest BCUT2D eigenvalue weighted by atomic mass is 32.1. The van der Waals surface area contributed by atoms with Gasteiger partial charge in [0.25, 0.3) is 5.91 Å². The zero-order valence-corrected chi connectivity index (χ0v) is 18.0. The number of thiophene rings is 1. The van der Waals surface area contributed by atoms with E-state index in [4.69, 9.17) is 4.74 Å². The molecule has 0 radical (unpaired) electrons. The summed E-state index contributed by atoms with van der Waals surface area (Å²) in [7, 11) is 0. The Hall–Kier alpha value is -2.74. The lowest BCUT2D eigenvalue weighted by Crippen LogP contribution is -2.34. The van der Waals surface area contributed by atoms with Crippen LogP contribution in [0.4, 0.5) is 15.1 Å². The lowest BCUT2D eigenvalue weighted by atomic mass is 9.96. The number of hydrogen-bond donors (Lipinski definition) is 1. The first-order chi connectivity index (χ1) is 13.5. The normalized spacial score (nSPS) is 11.1. The van der Waals surface area contributed by atoms with Crippen LogP contribution in [0.5, 0.6) is 0 Å². The number of nitrogens with zero attached hydrogens (tertiary/aromatic N) is 1. The molecule has 0 spiro atoms. The molecule has 0 aliphatic heterocycles. The minimum atomic E-state index is -0.632. The predicted molar refractivity (Wildman–Crippen MR) is 112 cm³/mol. The first-order valence-electron chi connectivity index (χ1n) is 9.18. The van der Waals surface area contributed by atoms with Gasteiger partial charge in [0.15, 0.2) is 6.61 Å². The highest BCUT2D eigenvalue weighted by Crippen LogP contribution is 2.29. The number of hydrogen-bond acceptors (Lipinski definition) is 5. The van der Waals surface area contributed by atoms with E-state index in [0.717, 1.165) is 11.3 Å². The third-order valence-corrected chi connectivity index (χ3v) is 5.24. The number of likely N-dealkylation sites (N-methyl/N-ethyl adjacent to an activating group) is 1. The fraction of sp³-hybridized carbons (Fsp3) is 0.381. The Kier molecular flexibility index (Phi) is 7.13. The van der Waals surface area contributed by atoms with Crippen LogP contribution < -0.4 is 10.2 Å². The van der Waals surface area contributed by atoms with Gasteiger partial charge in [-0.2, -0.15) is 0 Å². The fourth-order valence-corrected chi connectivity index (χ4v) is 3.40. The molecule has 0 unspecified atom stereocenters. The third kappa shape index (κ3) is 5.87. The molecule has 2 amide bonds. The molecular weight excluding hydrogens is 395 g/mol. The first-order valence-corrected chi connectivity index (χ1v) is 9.99. The Labute approximate surface area is 173 Å². The van der Waals surface area contributed by atoms with Crippen LogP contribution in [0.25, 0.3) is 0 Å². The van der Waals surface area contributed by atoms with Gasteiger partial charge in [-0.1, -0.05) is 20.8 Å². The summed E-state index contributed by atoms with van der Waals surface area (Å²) in [5.74, 6) is -1.60. The number of benzene rings is 1. The molecule has 0 fully saturated rings. The molecule has 1 aromatic carbocycles. The van der Waals surface area contributed by atoms with Gasteiger partial charge >= 0.3 is 5.97 Å². The lowest BCUT2D eigenvalue weighted by molar-refractivity contribution is -0.123. The number of carbonyl (C=O) groups excluding carboxylic acids is 3. The molecule has 0 atom stereocenters. The molecule has 0 aliphatic carbocycles. The molecule has 1 N–H and O–H groups in total. The van der Waals surface area contributed by atoms with Gasteiger partial charge in [0.05, 0.1) is 5.00 Å². The number of carbonyl (C=O) groups is 3. The van der Waals surface area contributed by atoms with Crippen LogP contribution in [0.15, 0.2) is 30.3 Å². The molecule has 2 aromatic rings. The third-order valence-electron chi connectivity index (χ3n) is 4.10. The highest BCUT2D eigenvalue weighted by molar-refractivity contribution is 7.18. The maximum absolute atomic E-state index is 13.1. The van der Waals surface area contributed by atoms with Crippen molar-refractivity contribution >= 4 is 39.8 Å². The van der Waals surface area contributed by atoms with Crippen molar-refractivity contribution < 1.29 is 23.5 Å². The minimum Gasteiger partial charge on any atom is -0.451 e. The van der Waals surface area contributed by atoms with Crippen LogP contribution in [0.1, 0.15) is 42.9 Å². The standard InChI is InChI=1S/C21H25FN2O4S/c1-6-24(15-9-7-14(22)8-10-15)17(25)12-28-19(26)18-13(2)11-16(29-18)23-20(27)21(3,4)5/h7-11H,6,12H2,1-5H3,(H,23,27). The van der Waals surface area contributed by atoms with E-state index in [-0.39, 0.29) is 5.91 Å². The monoisotopic (exact) mass is 420 g/mol. The molecule has 6 nitrogen and oxygen atoms in total. The van der Waals surface area contributed by atoms with Gasteiger partial charge in [-0.15, -0.1) is 11.3 Å². The summed E-state index contributed by atoms with van der Waals surface area (Å²) >= 11 is 1.10. The molecule has 156 valence electrons. The molecule has 2 rings (SSSR count). The first kappa shape index (κ1) is 22.5. The second-order valence-electron chi connectivity index (χ2n) is 7.52. The topological polar surface area (TPSA) is 75.7 Å². The number of rotatable bonds is 6. The average Bonchev–Trinajstić information content (AvgIpc) is 3.01. The number of esters is 1. The van der Waals surface area contributed by atoms with E-state index in [9.17, 15) is 18.8 Å². The summed E-state index contributed by atoms with van der Waals surface area (Å²) in [6.45, 7) is 8.81. The molecule has 0 bridgehead atoms. The van der Waals surface area contributed by atoms with Crippen molar-refractivity contribution in [1.82, 2.24) is 0 Å². The van der Waals surface area contributed by atoms with Crippen molar-refractivity contribution in [3.05, 3.63) is 46.6 Å². The number of ether oxygens (including phenoxy) is 1. The Bertz CT molecular complexity index is 900. The molecular formula is C21H25FN2O4S. The van der Waals surface area contributed by atoms with Crippen molar-refractivity contribution in [1.29, 1.82) is 0 Å². The minimum absolute atomic E-state index is 0.160. The zero-order chi connectivity index (χ0) is 21.8. The highest BCUT2D eigenvalue weighted by Gasteiger charge is 2.24. The van der Waals surface area contributed by atoms with Crippen molar-refractivity contribution in [3.8, 4) is 0 Å². The molecule has 0 saturated heterocycles. The Balaban J connectivity index is 2.02. The number of halogens is 1. The quantitative estimate of drug-likeness (QED) is 0.703. The van der Waals surface area contributed by atoms with E-state index >= 15 is 0 Å². The summed E-state index contributed by atoms with van der Waals surface area (Å²) in [5, 5.41) is 3.33. The van der Waals surface area contributed by atoms with Gasteiger partial charge in [-0.05, 0) is 49.7 Å². The fourth-order valence-electron chi connectivity index (χ4n) is 2.44. The molecule has 1 heterocycles. The number of aryl methyl sites for hydroxylation is 1. The largest absolute Gasteiger partial charge is 0.451 e. The van der Waals surface area contributed by atoms with Crippen LogP contribution in [0, 0.1) is 18.2 Å². The van der Waals surface area contributed by atoms with E-state index in [1.54, 1.807) is 40.7 Å². The maximum atomic E-state index is 13.1. The van der Waals surface area contributed by atoms with Gasteiger partial charge in [0.2, 0.25) is 5.91 Å². The molecule has 0 saturated carbocycles. The van der Waals surface area contributed by atoms with Gasteiger partial charge in [-0.25, -0.2) is 9.18 Å². The number of anilines is 2. The zero-order valence-electron chi connectivity index (χ0n) is 17.2. The summed E-state index contributed by atoms with van der Waals surface area (Å²) in [6, 6.07) is 7.21. The van der Waals surface area contributed by atoms with E-state index in [2.05, 4.69) is 5.32 Å². The SMILES string of the molecule is CCN(C(=O)COC(=O)c1sc(NC(=O)C(C)(C)C)cc1C)c1ccc(F)cc1. The molecule has 1 aromatic heterocycles. The van der Waals surface area contributed by atoms with E-state index in [1.165, 1.54) is 29.2 Å².